The van der Waals surface area contributed by atoms with Gasteiger partial charge in [0.2, 0.25) is 0 Å². The van der Waals surface area contributed by atoms with E-state index in [1.165, 1.54) is 0 Å². The molecule has 12 heteroatoms. The van der Waals surface area contributed by atoms with E-state index >= 15 is 0 Å². The number of aliphatic hydroxyl groups is 1. The van der Waals surface area contributed by atoms with Gasteiger partial charge in [-0.2, -0.15) is 13.2 Å². The molecule has 0 bridgehead atoms. The van der Waals surface area contributed by atoms with Crippen LogP contribution in [0, 0.1) is 17.1 Å². The van der Waals surface area contributed by atoms with Gasteiger partial charge in [-0.15, -0.1) is 0 Å². The number of nitrogens with one attached hydrogen (secondary N) is 2. The molecule has 39 heavy (non-hydrogen) atoms. The van der Waals surface area contributed by atoms with Crippen molar-refractivity contribution in [2.24, 2.45) is 0 Å². The molecule has 0 spiro atoms. The molecule has 4 rings (SSSR count). The van der Waals surface area contributed by atoms with Gasteiger partial charge in [0, 0.05) is 38.3 Å². The third-order valence-corrected chi connectivity index (χ3v) is 6.49. The summed E-state index contributed by atoms with van der Waals surface area (Å²) < 4.78 is 33.9. The van der Waals surface area contributed by atoms with E-state index in [1.54, 1.807) is 18.1 Å². The lowest BCUT2D eigenvalue weighted by atomic mass is 10.0. The molecule has 1 saturated heterocycles. The van der Waals surface area contributed by atoms with Crippen LogP contribution in [0.4, 0.5) is 0 Å². The highest BCUT2D eigenvalue weighted by Gasteiger charge is 2.28. The molecule has 3 N–H and O–H groups in total. The van der Waals surface area contributed by atoms with E-state index in [0.717, 1.165) is 47.0 Å². The number of carbonyl (C=O) groups is 1. The second kappa shape index (κ2) is 14.3. The van der Waals surface area contributed by atoms with Gasteiger partial charge < -0.3 is 19.5 Å². The lowest BCUT2D eigenvalue weighted by molar-refractivity contribution is -0.134. The first kappa shape index (κ1) is 29.7. The van der Waals surface area contributed by atoms with Gasteiger partial charge in [-0.25, -0.2) is 0 Å². The van der Waals surface area contributed by atoms with Gasteiger partial charge in [-0.05, 0) is 48.2 Å². The van der Waals surface area contributed by atoms with E-state index in [0.29, 0.717) is 25.4 Å². The standard InChI is InChI=1S/C27H32N4O4.HNO2S/c1-19-8-9-25(23-7-4-11-29-27(19)23)35-17-26(33)30(2)24(15-31-12-10-22(32)14-31)21-6-3-5-20(13-21)16-34-18-28;1-4(2)3/h3-9,11,13,18,22,24,28,32H,10,12,14-17H2,1-2H3;1H/t22-,24?;/m0./s1. The van der Waals surface area contributed by atoms with Crippen LogP contribution in [0.1, 0.15) is 29.2 Å². The number of β-amino-alcohol motifs (C(OH)–C–C–N with tert-alkyl or cyclic N) is 1. The normalized spacial score (nSPS) is 15.6. The van der Waals surface area contributed by atoms with E-state index in [1.807, 2.05) is 55.5 Å². The van der Waals surface area contributed by atoms with Gasteiger partial charge in [0.25, 0.3) is 5.91 Å². The number of nitrogens with zero attached hydrogens (tertiary/aromatic N) is 3. The predicted octanol–water partition coefficient (Wildman–Crippen LogP) is 2.94. The monoisotopic (exact) mass is 555 g/mol. The molecule has 1 fully saturated rings. The quantitative estimate of drug-likeness (QED) is 0.255. The van der Waals surface area contributed by atoms with E-state index < -0.39 is 10.5 Å². The fraction of sp³-hybridized carbons (Fsp3) is 0.370. The van der Waals surface area contributed by atoms with Crippen molar-refractivity contribution in [1.29, 1.82) is 10.2 Å². The summed E-state index contributed by atoms with van der Waals surface area (Å²) in [7, 11) is -0.821. The average Bonchev–Trinajstić information content (AvgIpc) is 3.34. The lowest BCUT2D eigenvalue weighted by Gasteiger charge is -2.32. The van der Waals surface area contributed by atoms with Gasteiger partial charge in [0.05, 0.1) is 17.7 Å². The van der Waals surface area contributed by atoms with Crippen LogP contribution in [0.2, 0.25) is 0 Å². The minimum atomic E-state index is -2.61. The van der Waals surface area contributed by atoms with E-state index in [9.17, 15) is 9.90 Å². The van der Waals surface area contributed by atoms with Gasteiger partial charge in [-0.1, -0.05) is 30.3 Å². The molecule has 2 atom stereocenters. The molecule has 11 nitrogen and oxygen atoms in total. The number of aliphatic hydroxyl groups excluding tert-OH is 1. The van der Waals surface area contributed by atoms with Crippen molar-refractivity contribution in [3.05, 3.63) is 71.4 Å². The average molecular weight is 556 g/mol. The molecule has 0 aliphatic carbocycles. The third kappa shape index (κ3) is 8.57. The molecule has 2 heterocycles. The molecule has 1 unspecified atom stereocenters. The number of hydrogen-bond donors (Lipinski definition) is 3. The van der Waals surface area contributed by atoms with Crippen LogP contribution in [-0.2, 0) is 26.6 Å². The highest BCUT2D eigenvalue weighted by molar-refractivity contribution is 7.60. The Morgan fingerprint density at radius 1 is 1.28 bits per heavy atom. The summed E-state index contributed by atoms with van der Waals surface area (Å²) in [6.45, 7) is 4.18. The fourth-order valence-corrected chi connectivity index (χ4v) is 4.53. The highest BCUT2D eigenvalue weighted by Crippen LogP contribution is 2.28. The second-order valence-corrected chi connectivity index (χ2v) is 9.67. The SMILES string of the molecule is Cc1ccc(OCC(=O)N(C)C(CN2CC[C@H](O)C2)c2cccc(COC=N)c2)c2cccnc12.N=S(=O)=O. The zero-order valence-corrected chi connectivity index (χ0v) is 22.7. The maximum atomic E-state index is 13.3. The van der Waals surface area contributed by atoms with Gasteiger partial charge in [0.1, 0.15) is 12.4 Å². The van der Waals surface area contributed by atoms with E-state index in [-0.39, 0.29) is 24.7 Å². The van der Waals surface area contributed by atoms with Crippen molar-refractivity contribution in [2.75, 3.05) is 33.3 Å². The molecule has 0 saturated carbocycles. The number of likely N-dealkylation sites (N-methyl/N-ethyl adjacent to an activating group) is 1. The summed E-state index contributed by atoms with van der Waals surface area (Å²) in [5.41, 5.74) is 3.81. The summed E-state index contributed by atoms with van der Waals surface area (Å²) in [6.07, 6.45) is 3.07. The minimum Gasteiger partial charge on any atom is -0.483 e. The number of fused-ring (bicyclic) bond motifs is 1. The molecule has 1 amide bonds. The number of ether oxygens (including phenoxy) is 2. The Kier molecular flexibility index (Phi) is 10.9. The molecule has 208 valence electrons. The number of benzene rings is 2. The second-order valence-electron chi connectivity index (χ2n) is 9.20. The highest BCUT2D eigenvalue weighted by atomic mass is 32.2. The summed E-state index contributed by atoms with van der Waals surface area (Å²) in [6, 6.07) is 15.3. The molecule has 1 aliphatic rings. The maximum Gasteiger partial charge on any atom is 0.308 e. The van der Waals surface area contributed by atoms with Crippen molar-refractivity contribution in [2.45, 2.75) is 32.1 Å². The van der Waals surface area contributed by atoms with Gasteiger partial charge >= 0.3 is 10.5 Å². The Morgan fingerprint density at radius 3 is 2.74 bits per heavy atom. The summed E-state index contributed by atoms with van der Waals surface area (Å²) in [5.74, 6) is 0.485. The zero-order chi connectivity index (χ0) is 28.4. The van der Waals surface area contributed by atoms with Gasteiger partial charge in [0.15, 0.2) is 13.0 Å². The molecule has 0 radical (unpaired) electrons. The Labute approximate surface area is 229 Å². The number of likely N-dealkylation sites (tertiary alicyclic amines) is 1. The number of hydrogen-bond acceptors (Lipinski definition) is 10. The Hall–Kier alpha value is -3.87. The summed E-state index contributed by atoms with van der Waals surface area (Å²) in [5, 5.41) is 18.0. The first-order chi connectivity index (χ1) is 18.7. The molecule has 1 aliphatic heterocycles. The maximum absolute atomic E-state index is 13.3. The van der Waals surface area contributed by atoms with Crippen LogP contribution >= 0.6 is 0 Å². The van der Waals surface area contributed by atoms with Gasteiger partial charge in [-0.3, -0.25) is 20.1 Å². The van der Waals surface area contributed by atoms with Crippen LogP contribution in [-0.4, -0.2) is 80.0 Å². The number of aryl methyl sites for hydroxylation is 1. The van der Waals surface area contributed by atoms with Crippen molar-refractivity contribution in [3.8, 4) is 5.75 Å². The van der Waals surface area contributed by atoms with Crippen LogP contribution in [0.25, 0.3) is 10.9 Å². The van der Waals surface area contributed by atoms with Crippen LogP contribution in [0.3, 0.4) is 0 Å². The topological polar surface area (TPSA) is 157 Å². The van der Waals surface area contributed by atoms with E-state index in [2.05, 4.69) is 9.88 Å². The van der Waals surface area contributed by atoms with Crippen LogP contribution < -0.4 is 4.74 Å². The first-order valence-electron chi connectivity index (χ1n) is 12.3. The first-order valence-corrected chi connectivity index (χ1v) is 13.4. The molecular formula is C27H33N5O6S. The Balaban J connectivity index is 0.000000983. The Morgan fingerprint density at radius 2 is 2.05 bits per heavy atom. The summed E-state index contributed by atoms with van der Waals surface area (Å²) in [4.78, 5) is 21.6. The molecule has 2 aromatic carbocycles. The molecule has 1 aromatic heterocycles. The number of rotatable bonds is 10. The lowest BCUT2D eigenvalue weighted by Crippen LogP contribution is -2.41. The van der Waals surface area contributed by atoms with E-state index in [4.69, 9.17) is 28.1 Å². The smallest absolute Gasteiger partial charge is 0.308 e. The van der Waals surface area contributed by atoms with Crippen molar-refractivity contribution >= 4 is 33.7 Å². The van der Waals surface area contributed by atoms with Crippen molar-refractivity contribution < 1.29 is 27.8 Å². The minimum absolute atomic E-state index is 0.0979. The number of aromatic nitrogens is 1. The zero-order valence-electron chi connectivity index (χ0n) is 21.9. The molecular weight excluding hydrogens is 522 g/mol. The van der Waals surface area contributed by atoms with Crippen molar-refractivity contribution in [3.63, 3.8) is 0 Å². The third-order valence-electron chi connectivity index (χ3n) is 6.49. The summed E-state index contributed by atoms with van der Waals surface area (Å²) >= 11 is 0. The van der Waals surface area contributed by atoms with Crippen molar-refractivity contribution in [1.82, 2.24) is 14.8 Å². The van der Waals surface area contributed by atoms with Crippen LogP contribution in [0.15, 0.2) is 54.7 Å². The largest absolute Gasteiger partial charge is 0.483 e. The number of pyridine rings is 1. The fourth-order valence-electron chi connectivity index (χ4n) is 4.53. The predicted molar refractivity (Wildman–Crippen MR) is 146 cm³/mol. The van der Waals surface area contributed by atoms with Crippen LogP contribution in [0.5, 0.6) is 5.75 Å². The number of carbonyl (C=O) groups excluding carboxylic acids is 1. The molecule has 3 aromatic rings. The number of amides is 1. The Bertz CT molecular complexity index is 1400.